The fraction of sp³-hybridized carbons (Fsp3) is 0.308. The normalized spacial score (nSPS) is 22.8. The predicted molar refractivity (Wildman–Crippen MR) is 77.4 cm³/mol. The van der Waals surface area contributed by atoms with E-state index in [1.807, 2.05) is 25.1 Å². The van der Waals surface area contributed by atoms with Crippen LogP contribution in [0.2, 0.25) is 0 Å². The number of carbonyl (C=O) groups excluding carboxylic acids is 1. The Bertz CT molecular complexity index is 601. The molecule has 20 heavy (non-hydrogen) atoms. The van der Waals surface area contributed by atoms with Crippen LogP contribution < -0.4 is 14.8 Å². The molecule has 7 heteroatoms. The van der Waals surface area contributed by atoms with E-state index >= 15 is 0 Å². The molecule has 1 fully saturated rings. The van der Waals surface area contributed by atoms with Crippen LogP contribution in [-0.2, 0) is 4.79 Å². The van der Waals surface area contributed by atoms with Gasteiger partial charge in [0.05, 0.1) is 11.5 Å². The van der Waals surface area contributed by atoms with Crippen molar-refractivity contribution in [1.82, 2.24) is 5.32 Å². The van der Waals surface area contributed by atoms with Crippen molar-refractivity contribution in [1.29, 1.82) is 0 Å². The third-order valence-electron chi connectivity index (χ3n) is 2.90. The van der Waals surface area contributed by atoms with E-state index in [1.54, 1.807) is 6.21 Å². The number of nitrogens with one attached hydrogen (secondary N) is 1. The minimum Gasteiger partial charge on any atom is -0.454 e. The van der Waals surface area contributed by atoms with Crippen molar-refractivity contribution < 1.29 is 14.3 Å². The highest BCUT2D eigenvalue weighted by molar-refractivity contribution is 8.15. The van der Waals surface area contributed by atoms with Gasteiger partial charge in [-0.15, -0.1) is 5.10 Å². The Morgan fingerprint density at radius 1 is 1.45 bits per heavy atom. The Morgan fingerprint density at radius 2 is 2.30 bits per heavy atom. The molecule has 1 amide bonds. The van der Waals surface area contributed by atoms with E-state index in [1.165, 1.54) is 11.8 Å². The second-order valence-electron chi connectivity index (χ2n) is 4.27. The highest BCUT2D eigenvalue weighted by Crippen LogP contribution is 2.32. The molecule has 2 aliphatic rings. The van der Waals surface area contributed by atoms with Crippen LogP contribution in [0.3, 0.4) is 0 Å². The third kappa shape index (κ3) is 2.62. The molecule has 0 radical (unpaired) electrons. The fourth-order valence-electron chi connectivity index (χ4n) is 1.86. The van der Waals surface area contributed by atoms with Gasteiger partial charge in [0.1, 0.15) is 0 Å². The van der Waals surface area contributed by atoms with Crippen LogP contribution in [0.15, 0.2) is 28.4 Å². The number of rotatable bonds is 3. The van der Waals surface area contributed by atoms with Crippen molar-refractivity contribution in [3.63, 3.8) is 0 Å². The molecule has 0 aliphatic carbocycles. The Kier molecular flexibility index (Phi) is 3.60. The lowest BCUT2D eigenvalue weighted by Gasteiger charge is -1.96. The number of ether oxygens (including phenoxy) is 2. The Labute approximate surface area is 120 Å². The Morgan fingerprint density at radius 3 is 3.10 bits per heavy atom. The molecule has 1 aromatic rings. The average Bonchev–Trinajstić information content (AvgIpc) is 3.04. The molecular weight excluding hydrogens is 278 g/mol. The Hall–Kier alpha value is -2.02. The molecule has 0 spiro atoms. The number of carbonyl (C=O) groups is 1. The molecular formula is C13H13N3O3S. The van der Waals surface area contributed by atoms with Crippen LogP contribution in [0.4, 0.5) is 0 Å². The van der Waals surface area contributed by atoms with Gasteiger partial charge in [0.25, 0.3) is 0 Å². The molecule has 0 aromatic heterocycles. The van der Waals surface area contributed by atoms with Gasteiger partial charge >= 0.3 is 0 Å². The van der Waals surface area contributed by atoms with Gasteiger partial charge in [0.2, 0.25) is 12.7 Å². The summed E-state index contributed by atoms with van der Waals surface area (Å²) in [5.74, 6) is 1.43. The molecule has 3 rings (SSSR count). The van der Waals surface area contributed by atoms with Crippen molar-refractivity contribution in [2.24, 2.45) is 10.2 Å². The van der Waals surface area contributed by atoms with Crippen molar-refractivity contribution in [3.8, 4) is 11.5 Å². The summed E-state index contributed by atoms with van der Waals surface area (Å²) in [6.07, 6.45) is 2.39. The van der Waals surface area contributed by atoms with Crippen molar-refractivity contribution in [3.05, 3.63) is 23.8 Å². The maximum absolute atomic E-state index is 11.5. The monoisotopic (exact) mass is 291 g/mol. The zero-order valence-electron chi connectivity index (χ0n) is 10.8. The lowest BCUT2D eigenvalue weighted by Crippen LogP contribution is -2.24. The maximum Gasteiger partial charge on any atom is 0.239 e. The highest BCUT2D eigenvalue weighted by Gasteiger charge is 2.28. The van der Waals surface area contributed by atoms with Gasteiger partial charge < -0.3 is 14.8 Å². The highest BCUT2D eigenvalue weighted by atomic mass is 32.2. The first kappa shape index (κ1) is 13.0. The van der Waals surface area contributed by atoms with Gasteiger partial charge in [-0.3, -0.25) is 4.79 Å². The number of hydrogen-bond donors (Lipinski definition) is 1. The lowest BCUT2D eigenvalue weighted by molar-refractivity contribution is -0.118. The topological polar surface area (TPSA) is 72.3 Å². The van der Waals surface area contributed by atoms with Crippen LogP contribution in [0, 0.1) is 0 Å². The molecule has 1 aromatic carbocycles. The SMILES string of the molecule is CC[C@H]1SC(=N/N=C\c2ccc3c(c2)OCO3)NC1=O. The summed E-state index contributed by atoms with van der Waals surface area (Å²) in [5.41, 5.74) is 0.861. The maximum atomic E-state index is 11.5. The first-order chi connectivity index (χ1) is 9.76. The van der Waals surface area contributed by atoms with Crippen molar-refractivity contribution >= 4 is 29.1 Å². The second-order valence-corrected chi connectivity index (χ2v) is 5.46. The van der Waals surface area contributed by atoms with Gasteiger partial charge in [0, 0.05) is 0 Å². The summed E-state index contributed by atoms with van der Waals surface area (Å²) in [7, 11) is 0. The van der Waals surface area contributed by atoms with Gasteiger partial charge in [-0.05, 0) is 30.2 Å². The van der Waals surface area contributed by atoms with E-state index in [2.05, 4.69) is 15.5 Å². The summed E-state index contributed by atoms with van der Waals surface area (Å²) in [4.78, 5) is 11.5. The van der Waals surface area contributed by atoms with Crippen LogP contribution in [0.1, 0.15) is 18.9 Å². The predicted octanol–water partition coefficient (Wildman–Crippen LogP) is 1.75. The number of benzene rings is 1. The van der Waals surface area contributed by atoms with E-state index in [9.17, 15) is 4.79 Å². The standard InChI is InChI=1S/C13H13N3O3S/c1-2-11-12(17)15-13(20-11)16-14-6-8-3-4-9-10(5-8)19-7-18-9/h3-6,11H,2,7H2,1H3,(H,15,16,17)/b14-6-/t11-/m1/s1. The number of amidine groups is 1. The minimum absolute atomic E-state index is 0.00507. The van der Waals surface area contributed by atoms with Crippen molar-refractivity contribution in [2.75, 3.05) is 6.79 Å². The van der Waals surface area contributed by atoms with Gasteiger partial charge in [0.15, 0.2) is 16.7 Å². The van der Waals surface area contributed by atoms with Gasteiger partial charge in [-0.2, -0.15) is 5.10 Å². The molecule has 0 unspecified atom stereocenters. The number of amides is 1. The van der Waals surface area contributed by atoms with E-state index in [-0.39, 0.29) is 18.0 Å². The quantitative estimate of drug-likeness (QED) is 0.680. The molecule has 1 atom stereocenters. The van der Waals surface area contributed by atoms with Gasteiger partial charge in [-0.25, -0.2) is 0 Å². The first-order valence-corrected chi connectivity index (χ1v) is 7.12. The summed E-state index contributed by atoms with van der Waals surface area (Å²) >= 11 is 1.40. The van der Waals surface area contributed by atoms with Crippen LogP contribution in [0.25, 0.3) is 0 Å². The summed E-state index contributed by atoms with van der Waals surface area (Å²) in [5, 5.41) is 11.2. The minimum atomic E-state index is -0.0607. The lowest BCUT2D eigenvalue weighted by atomic mass is 10.2. The summed E-state index contributed by atoms with van der Waals surface area (Å²) in [6, 6.07) is 5.53. The van der Waals surface area contributed by atoms with E-state index in [0.717, 1.165) is 17.7 Å². The number of nitrogens with zero attached hydrogens (tertiary/aromatic N) is 2. The molecule has 0 bridgehead atoms. The number of hydrogen-bond acceptors (Lipinski definition) is 6. The van der Waals surface area contributed by atoms with Crippen LogP contribution in [0.5, 0.6) is 11.5 Å². The summed E-state index contributed by atoms with van der Waals surface area (Å²) < 4.78 is 10.5. The largest absolute Gasteiger partial charge is 0.454 e. The van der Waals surface area contributed by atoms with E-state index in [0.29, 0.717) is 10.9 Å². The molecule has 104 valence electrons. The van der Waals surface area contributed by atoms with Crippen LogP contribution >= 0.6 is 11.8 Å². The zero-order valence-corrected chi connectivity index (χ0v) is 11.6. The Balaban J connectivity index is 1.68. The molecule has 6 nitrogen and oxygen atoms in total. The smallest absolute Gasteiger partial charge is 0.239 e. The van der Waals surface area contributed by atoms with Gasteiger partial charge in [-0.1, -0.05) is 18.7 Å². The zero-order chi connectivity index (χ0) is 13.9. The van der Waals surface area contributed by atoms with E-state index < -0.39 is 0 Å². The fourth-order valence-corrected chi connectivity index (χ4v) is 2.72. The average molecular weight is 291 g/mol. The third-order valence-corrected chi connectivity index (χ3v) is 4.14. The molecule has 1 N–H and O–H groups in total. The second kappa shape index (κ2) is 5.54. The molecule has 2 heterocycles. The van der Waals surface area contributed by atoms with Crippen LogP contribution in [-0.4, -0.2) is 29.3 Å². The molecule has 0 saturated carbocycles. The molecule has 2 aliphatic heterocycles. The number of thioether (sulfide) groups is 1. The first-order valence-electron chi connectivity index (χ1n) is 6.24. The van der Waals surface area contributed by atoms with E-state index in [4.69, 9.17) is 9.47 Å². The number of fused-ring (bicyclic) bond motifs is 1. The molecule has 1 saturated heterocycles. The summed E-state index contributed by atoms with van der Waals surface area (Å²) in [6.45, 7) is 2.22. The van der Waals surface area contributed by atoms with Crippen molar-refractivity contribution in [2.45, 2.75) is 18.6 Å².